The van der Waals surface area contributed by atoms with Crippen molar-refractivity contribution in [2.45, 2.75) is 27.7 Å². The molecule has 2 N–H and O–H groups in total. The number of hydrogen-bond acceptors (Lipinski definition) is 8. The Morgan fingerprint density at radius 3 is 1.62 bits per heavy atom. The Labute approximate surface area is 229 Å². The largest absolute Gasteiger partial charge is 0.301 e. The minimum atomic E-state index is -0.113. The van der Waals surface area contributed by atoms with Gasteiger partial charge in [0, 0.05) is 5.56 Å². The number of nitrogens with one attached hydrogen (secondary N) is 2. The molecule has 0 saturated heterocycles. The van der Waals surface area contributed by atoms with Gasteiger partial charge in [-0.15, -0.1) is 0 Å². The molecular formula is C26H31ClN6O2S2. The number of aromatic nitrogens is 2. The number of likely N-dealkylation sites (N-methyl/N-ethyl adjacent to an activating group) is 2. The van der Waals surface area contributed by atoms with Crippen molar-refractivity contribution in [3.63, 3.8) is 0 Å². The van der Waals surface area contributed by atoms with Gasteiger partial charge in [0.2, 0.25) is 11.8 Å². The van der Waals surface area contributed by atoms with Gasteiger partial charge in [0.25, 0.3) is 0 Å². The fourth-order valence-corrected chi connectivity index (χ4v) is 6.66. The molecule has 0 spiro atoms. The first kappa shape index (κ1) is 27.4. The van der Waals surface area contributed by atoms with Gasteiger partial charge in [0.05, 0.1) is 27.5 Å². The zero-order chi connectivity index (χ0) is 26.5. The molecule has 0 radical (unpaired) electrons. The number of benzene rings is 2. The molecule has 0 unspecified atom stereocenters. The molecule has 0 bridgehead atoms. The molecule has 0 fully saturated rings. The lowest BCUT2D eigenvalue weighted by molar-refractivity contribution is -0.118. The normalized spacial score (nSPS) is 11.6. The van der Waals surface area contributed by atoms with Crippen LogP contribution in [0.3, 0.4) is 0 Å². The zero-order valence-corrected chi connectivity index (χ0v) is 23.8. The van der Waals surface area contributed by atoms with Crippen LogP contribution in [0.1, 0.15) is 27.7 Å². The van der Waals surface area contributed by atoms with Crippen molar-refractivity contribution < 1.29 is 9.59 Å². The van der Waals surface area contributed by atoms with Crippen LogP contribution >= 0.6 is 34.3 Å². The number of halogens is 1. The zero-order valence-electron chi connectivity index (χ0n) is 21.4. The fourth-order valence-electron chi connectivity index (χ4n) is 4.08. The average Bonchev–Trinajstić information content (AvgIpc) is 3.51. The summed E-state index contributed by atoms with van der Waals surface area (Å²) in [5, 5.41) is 7.28. The van der Waals surface area contributed by atoms with Crippen LogP contribution in [0, 0.1) is 0 Å². The number of thiazole rings is 2. The Balaban J connectivity index is 1.76. The molecule has 0 aliphatic carbocycles. The van der Waals surface area contributed by atoms with Gasteiger partial charge in [0.15, 0.2) is 10.3 Å². The summed E-state index contributed by atoms with van der Waals surface area (Å²) in [6, 6.07) is 9.97. The van der Waals surface area contributed by atoms with Crippen LogP contribution in [0.5, 0.6) is 0 Å². The lowest BCUT2D eigenvalue weighted by Gasteiger charge is -2.16. The standard InChI is InChI=1S/C26H31ClN6O2S2/c1-5-32(6-2)14-17(34)28-25-30-21-20(27)22-24(19(23(21)36-25)16-12-10-9-11-13-16)37-26(31-22)29-18(35)15-33(7-3)8-4/h9-13H,5-8,14-15H2,1-4H3,(H,28,30,34)(H,29,31,35). The van der Waals surface area contributed by atoms with E-state index in [4.69, 9.17) is 11.6 Å². The molecule has 0 atom stereocenters. The quantitative estimate of drug-likeness (QED) is 0.242. The SMILES string of the molecule is CCN(CC)CC(=O)Nc1nc2c(Cl)c3nc(NC(=O)CN(CC)CC)sc3c(-c3ccccc3)c2s1. The van der Waals surface area contributed by atoms with Crippen molar-refractivity contribution in [1.82, 2.24) is 19.8 Å². The highest BCUT2D eigenvalue weighted by Crippen LogP contribution is 2.47. The molecule has 2 aromatic heterocycles. The molecule has 2 heterocycles. The minimum absolute atomic E-state index is 0.113. The molecule has 4 rings (SSSR count). The highest BCUT2D eigenvalue weighted by Gasteiger charge is 2.23. The van der Waals surface area contributed by atoms with E-state index in [0.717, 1.165) is 46.7 Å². The highest BCUT2D eigenvalue weighted by atomic mass is 35.5. The van der Waals surface area contributed by atoms with Gasteiger partial charge < -0.3 is 10.6 Å². The van der Waals surface area contributed by atoms with E-state index in [9.17, 15) is 9.59 Å². The molecular weight excluding hydrogens is 528 g/mol. The van der Waals surface area contributed by atoms with Gasteiger partial charge >= 0.3 is 0 Å². The van der Waals surface area contributed by atoms with E-state index in [-0.39, 0.29) is 11.8 Å². The van der Waals surface area contributed by atoms with Crippen molar-refractivity contribution in [1.29, 1.82) is 0 Å². The van der Waals surface area contributed by atoms with Crippen molar-refractivity contribution in [2.24, 2.45) is 0 Å². The Hall–Kier alpha value is -2.63. The number of fused-ring (bicyclic) bond motifs is 2. The van der Waals surface area contributed by atoms with Crippen LogP contribution in [-0.4, -0.2) is 70.9 Å². The summed E-state index contributed by atoms with van der Waals surface area (Å²) >= 11 is 9.63. The van der Waals surface area contributed by atoms with Crippen LogP contribution in [0.15, 0.2) is 30.3 Å². The Bertz CT molecular complexity index is 1310. The second kappa shape index (κ2) is 12.3. The van der Waals surface area contributed by atoms with Gasteiger partial charge in [-0.1, -0.05) is 92.3 Å². The van der Waals surface area contributed by atoms with Crippen LogP contribution < -0.4 is 10.6 Å². The van der Waals surface area contributed by atoms with Gasteiger partial charge in [-0.25, -0.2) is 9.97 Å². The number of carbonyl (C=O) groups is 2. The summed E-state index contributed by atoms with van der Waals surface area (Å²) in [5.74, 6) is -0.225. The molecule has 0 saturated carbocycles. The van der Waals surface area contributed by atoms with Crippen molar-refractivity contribution in [3.8, 4) is 11.1 Å². The number of amides is 2. The maximum absolute atomic E-state index is 12.6. The van der Waals surface area contributed by atoms with Crippen molar-refractivity contribution in [2.75, 3.05) is 49.9 Å². The third kappa shape index (κ3) is 6.10. The summed E-state index contributed by atoms with van der Waals surface area (Å²) in [4.78, 5) is 38.7. The van der Waals surface area contributed by atoms with Gasteiger partial charge in [-0.3, -0.25) is 19.4 Å². The van der Waals surface area contributed by atoms with Crippen molar-refractivity contribution >= 4 is 76.8 Å². The topological polar surface area (TPSA) is 90.5 Å². The van der Waals surface area contributed by atoms with E-state index >= 15 is 0 Å². The Morgan fingerprint density at radius 2 is 1.22 bits per heavy atom. The van der Waals surface area contributed by atoms with Crippen LogP contribution in [-0.2, 0) is 9.59 Å². The molecule has 2 aromatic carbocycles. The second-order valence-electron chi connectivity index (χ2n) is 8.47. The van der Waals surface area contributed by atoms with E-state index in [2.05, 4.69) is 20.6 Å². The summed E-state index contributed by atoms with van der Waals surface area (Å²) < 4.78 is 1.73. The molecule has 4 aromatic rings. The highest BCUT2D eigenvalue weighted by molar-refractivity contribution is 7.25. The Kier molecular flexibility index (Phi) is 9.09. The fraction of sp³-hybridized carbons (Fsp3) is 0.385. The number of anilines is 2. The summed E-state index contributed by atoms with van der Waals surface area (Å²) in [6.07, 6.45) is 0. The van der Waals surface area contributed by atoms with Crippen LogP contribution in [0.25, 0.3) is 31.6 Å². The maximum atomic E-state index is 12.6. The summed E-state index contributed by atoms with van der Waals surface area (Å²) in [5.41, 5.74) is 3.10. The number of rotatable bonds is 11. The predicted octanol–water partition coefficient (Wildman–Crippen LogP) is 5.79. The Morgan fingerprint density at radius 1 is 0.784 bits per heavy atom. The molecule has 11 heteroatoms. The molecule has 2 amide bonds. The third-order valence-corrected chi connectivity index (χ3v) is 8.54. The molecule has 196 valence electrons. The summed E-state index contributed by atoms with van der Waals surface area (Å²) in [7, 11) is 0. The van der Waals surface area contributed by atoms with E-state index in [1.54, 1.807) is 0 Å². The molecule has 0 aliphatic heterocycles. The van der Waals surface area contributed by atoms with E-state index in [1.807, 2.05) is 67.8 Å². The first-order valence-corrected chi connectivity index (χ1v) is 14.4. The number of carbonyl (C=O) groups excluding carboxylic acids is 2. The monoisotopic (exact) mass is 558 g/mol. The smallest absolute Gasteiger partial charge is 0.240 e. The van der Waals surface area contributed by atoms with E-state index in [1.165, 1.54) is 22.7 Å². The lowest BCUT2D eigenvalue weighted by atomic mass is 10.0. The third-order valence-electron chi connectivity index (χ3n) is 6.20. The maximum Gasteiger partial charge on any atom is 0.240 e. The minimum Gasteiger partial charge on any atom is -0.301 e. The van der Waals surface area contributed by atoms with Gasteiger partial charge in [-0.2, -0.15) is 0 Å². The molecule has 8 nitrogen and oxygen atoms in total. The lowest BCUT2D eigenvalue weighted by Crippen LogP contribution is -2.32. The predicted molar refractivity (Wildman–Crippen MR) is 156 cm³/mol. The molecule has 37 heavy (non-hydrogen) atoms. The average molecular weight is 559 g/mol. The molecule has 0 aliphatic rings. The van der Waals surface area contributed by atoms with Crippen LogP contribution in [0.4, 0.5) is 10.3 Å². The number of nitrogens with zero attached hydrogens (tertiary/aromatic N) is 4. The van der Waals surface area contributed by atoms with Crippen LogP contribution in [0.2, 0.25) is 5.02 Å². The van der Waals surface area contributed by atoms with E-state index < -0.39 is 0 Å². The number of hydrogen-bond donors (Lipinski definition) is 2. The summed E-state index contributed by atoms with van der Waals surface area (Å²) in [6.45, 7) is 11.9. The first-order chi connectivity index (χ1) is 17.9. The second-order valence-corrected chi connectivity index (χ2v) is 10.8. The van der Waals surface area contributed by atoms with Gasteiger partial charge in [0.1, 0.15) is 11.0 Å². The van der Waals surface area contributed by atoms with Gasteiger partial charge in [-0.05, 0) is 31.7 Å². The van der Waals surface area contributed by atoms with Crippen molar-refractivity contribution in [3.05, 3.63) is 35.4 Å². The first-order valence-electron chi connectivity index (χ1n) is 12.4. The van der Waals surface area contributed by atoms with E-state index in [0.29, 0.717) is 39.4 Å².